The van der Waals surface area contributed by atoms with E-state index >= 15 is 0 Å². The number of anilines is 1. The van der Waals surface area contributed by atoms with Gasteiger partial charge in [-0.1, -0.05) is 5.16 Å². The third-order valence-electron chi connectivity index (χ3n) is 7.34. The zero-order valence-electron chi connectivity index (χ0n) is 17.2. The number of hydrogen-bond donors (Lipinski definition) is 4. The SMILES string of the molecule is CC(C)(O)c1noc(-c2cnc3[nH]ccc3c2N[C@H]2[C@@H]3CC4C[C@H]2C[C@@](O)(C4)C3)n1. The van der Waals surface area contributed by atoms with E-state index in [-0.39, 0.29) is 5.82 Å². The Kier molecular flexibility index (Phi) is 3.69. The molecule has 0 amide bonds. The normalized spacial score (nSPS) is 32.8. The van der Waals surface area contributed by atoms with Crippen LogP contribution in [0.1, 0.15) is 51.8 Å². The van der Waals surface area contributed by atoms with Gasteiger partial charge in [0, 0.05) is 23.8 Å². The fraction of sp³-hybridized carbons (Fsp3) is 0.591. The molecular weight excluding hydrogens is 382 g/mol. The molecule has 4 bridgehead atoms. The molecule has 7 rings (SSSR count). The number of aliphatic hydroxyl groups is 2. The third kappa shape index (κ3) is 2.77. The minimum absolute atomic E-state index is 0.245. The second-order valence-electron chi connectivity index (χ2n) is 10.1. The molecule has 0 spiro atoms. The summed E-state index contributed by atoms with van der Waals surface area (Å²) in [6.07, 6.45) is 8.69. The second kappa shape index (κ2) is 6.04. The molecular formula is C22H27N5O3. The summed E-state index contributed by atoms with van der Waals surface area (Å²) in [7, 11) is 0. The highest BCUT2D eigenvalue weighted by Crippen LogP contribution is 2.56. The zero-order valence-corrected chi connectivity index (χ0v) is 17.2. The van der Waals surface area contributed by atoms with Crippen LogP contribution in [0.15, 0.2) is 23.0 Å². The molecule has 1 unspecified atom stereocenters. The molecule has 5 atom stereocenters. The van der Waals surface area contributed by atoms with Crippen LogP contribution in [0.2, 0.25) is 0 Å². The van der Waals surface area contributed by atoms with E-state index in [1.807, 2.05) is 12.3 Å². The Morgan fingerprint density at radius 2 is 2.00 bits per heavy atom. The summed E-state index contributed by atoms with van der Waals surface area (Å²) >= 11 is 0. The van der Waals surface area contributed by atoms with Crippen LogP contribution in [-0.4, -0.2) is 42.0 Å². The second-order valence-corrected chi connectivity index (χ2v) is 10.1. The number of aromatic amines is 1. The van der Waals surface area contributed by atoms with E-state index in [9.17, 15) is 10.2 Å². The Labute approximate surface area is 174 Å². The minimum atomic E-state index is -1.18. The van der Waals surface area contributed by atoms with E-state index in [1.54, 1.807) is 20.0 Å². The summed E-state index contributed by atoms with van der Waals surface area (Å²) in [6.45, 7) is 3.27. The van der Waals surface area contributed by atoms with Crippen LogP contribution >= 0.6 is 0 Å². The van der Waals surface area contributed by atoms with Crippen LogP contribution in [0.3, 0.4) is 0 Å². The zero-order chi connectivity index (χ0) is 20.7. The number of aromatic nitrogens is 4. The summed E-state index contributed by atoms with van der Waals surface area (Å²) < 4.78 is 5.52. The lowest BCUT2D eigenvalue weighted by Crippen LogP contribution is -2.59. The fourth-order valence-corrected chi connectivity index (χ4v) is 6.29. The van der Waals surface area contributed by atoms with Crippen molar-refractivity contribution in [3.63, 3.8) is 0 Å². The maximum Gasteiger partial charge on any atom is 0.261 e. The lowest BCUT2D eigenvalue weighted by Gasteiger charge is -2.58. The van der Waals surface area contributed by atoms with Crippen molar-refractivity contribution in [1.82, 2.24) is 20.1 Å². The molecule has 4 saturated carbocycles. The Hall–Kier alpha value is -2.45. The van der Waals surface area contributed by atoms with Crippen molar-refractivity contribution in [2.45, 2.75) is 63.2 Å². The van der Waals surface area contributed by atoms with Crippen molar-refractivity contribution in [2.75, 3.05) is 5.32 Å². The molecule has 4 aliphatic carbocycles. The van der Waals surface area contributed by atoms with Crippen molar-refractivity contribution in [1.29, 1.82) is 0 Å². The van der Waals surface area contributed by atoms with Crippen LogP contribution in [0.5, 0.6) is 0 Å². The Morgan fingerprint density at radius 3 is 2.67 bits per heavy atom. The van der Waals surface area contributed by atoms with Crippen LogP contribution in [0.4, 0.5) is 5.69 Å². The molecule has 0 aliphatic heterocycles. The number of rotatable bonds is 4. The van der Waals surface area contributed by atoms with Crippen molar-refractivity contribution < 1.29 is 14.7 Å². The highest BCUT2D eigenvalue weighted by atomic mass is 16.5. The van der Waals surface area contributed by atoms with Crippen molar-refractivity contribution in [3.05, 3.63) is 24.3 Å². The van der Waals surface area contributed by atoms with Gasteiger partial charge in [-0.25, -0.2) is 4.98 Å². The average molecular weight is 409 g/mol. The maximum atomic E-state index is 10.9. The number of nitrogens with zero attached hydrogens (tertiary/aromatic N) is 3. The average Bonchev–Trinajstić information content (AvgIpc) is 3.32. The van der Waals surface area contributed by atoms with E-state index in [2.05, 4.69) is 25.4 Å². The van der Waals surface area contributed by atoms with Gasteiger partial charge in [-0.15, -0.1) is 0 Å². The van der Waals surface area contributed by atoms with Crippen molar-refractivity contribution >= 4 is 16.7 Å². The molecule has 4 aliphatic rings. The lowest BCUT2D eigenvalue weighted by molar-refractivity contribution is -0.129. The number of nitrogens with one attached hydrogen (secondary N) is 2. The van der Waals surface area contributed by atoms with Crippen molar-refractivity contribution in [2.24, 2.45) is 17.8 Å². The van der Waals surface area contributed by atoms with Crippen LogP contribution in [0, 0.1) is 17.8 Å². The van der Waals surface area contributed by atoms with Gasteiger partial charge in [0.1, 0.15) is 11.2 Å². The molecule has 4 fully saturated rings. The van der Waals surface area contributed by atoms with Gasteiger partial charge in [-0.05, 0) is 69.8 Å². The standard InChI is InChI=1S/C22H27N5O3/c1-21(2,28)20-26-19(30-27-20)15-10-24-18-14(3-4-23-18)17(15)25-16-12-5-11-6-13(16)9-22(29,7-11)8-12/h3-4,10-13,16,28-29H,5-9H2,1-2H3,(H2,23,24,25)/t11?,12-,13+,16+,22-. The quantitative estimate of drug-likeness (QED) is 0.522. The van der Waals surface area contributed by atoms with Crippen LogP contribution in [-0.2, 0) is 5.60 Å². The van der Waals surface area contributed by atoms with Gasteiger partial charge in [-0.3, -0.25) is 0 Å². The van der Waals surface area contributed by atoms with E-state index in [0.29, 0.717) is 29.7 Å². The molecule has 4 N–H and O–H groups in total. The molecule has 0 aromatic carbocycles. The molecule has 8 heteroatoms. The van der Waals surface area contributed by atoms with E-state index in [1.165, 1.54) is 12.8 Å². The highest BCUT2D eigenvalue weighted by molar-refractivity contribution is 5.97. The number of H-pyrrole nitrogens is 1. The van der Waals surface area contributed by atoms with E-state index in [4.69, 9.17) is 4.52 Å². The molecule has 3 aromatic rings. The highest BCUT2D eigenvalue weighted by Gasteiger charge is 2.54. The molecule has 0 radical (unpaired) electrons. The smallest absolute Gasteiger partial charge is 0.261 e. The minimum Gasteiger partial charge on any atom is -0.390 e. The predicted octanol–water partition coefficient (Wildman–Crippen LogP) is 3.19. The first-order chi connectivity index (χ1) is 14.3. The Bertz CT molecular complexity index is 1100. The number of fused-ring (bicyclic) bond motifs is 1. The summed E-state index contributed by atoms with van der Waals surface area (Å²) in [5.41, 5.74) is 0.811. The number of pyridine rings is 1. The Balaban J connectivity index is 1.41. The summed E-state index contributed by atoms with van der Waals surface area (Å²) in [4.78, 5) is 12.1. The molecule has 8 nitrogen and oxygen atoms in total. The largest absolute Gasteiger partial charge is 0.390 e. The first-order valence-corrected chi connectivity index (χ1v) is 10.8. The van der Waals surface area contributed by atoms with Gasteiger partial charge in [0.05, 0.1) is 16.9 Å². The van der Waals surface area contributed by atoms with E-state index < -0.39 is 11.2 Å². The van der Waals surface area contributed by atoms with Gasteiger partial charge in [0.15, 0.2) is 0 Å². The topological polar surface area (TPSA) is 120 Å². The molecule has 158 valence electrons. The first kappa shape index (κ1) is 18.3. The maximum absolute atomic E-state index is 10.9. The van der Waals surface area contributed by atoms with Gasteiger partial charge in [0.25, 0.3) is 5.89 Å². The van der Waals surface area contributed by atoms with Gasteiger partial charge in [-0.2, -0.15) is 4.98 Å². The van der Waals surface area contributed by atoms with E-state index in [0.717, 1.165) is 41.5 Å². The van der Waals surface area contributed by atoms with Crippen molar-refractivity contribution in [3.8, 4) is 11.5 Å². The predicted molar refractivity (Wildman–Crippen MR) is 111 cm³/mol. The molecule has 0 saturated heterocycles. The third-order valence-corrected chi connectivity index (χ3v) is 7.34. The number of hydrogen-bond acceptors (Lipinski definition) is 7. The summed E-state index contributed by atoms with van der Waals surface area (Å²) in [5.74, 6) is 2.17. The first-order valence-electron chi connectivity index (χ1n) is 10.8. The molecule has 3 heterocycles. The van der Waals surface area contributed by atoms with Gasteiger partial charge >= 0.3 is 0 Å². The summed E-state index contributed by atoms with van der Waals surface area (Å²) in [5, 5.41) is 29.9. The lowest BCUT2D eigenvalue weighted by atomic mass is 9.52. The monoisotopic (exact) mass is 409 g/mol. The molecule has 3 aromatic heterocycles. The van der Waals surface area contributed by atoms with Gasteiger partial charge in [0.2, 0.25) is 5.82 Å². The molecule has 30 heavy (non-hydrogen) atoms. The van der Waals surface area contributed by atoms with Gasteiger partial charge < -0.3 is 25.0 Å². The summed E-state index contributed by atoms with van der Waals surface area (Å²) in [6, 6.07) is 2.31. The Morgan fingerprint density at radius 1 is 1.23 bits per heavy atom. The fourth-order valence-electron chi connectivity index (χ4n) is 6.29. The van der Waals surface area contributed by atoms with Crippen LogP contribution in [0.25, 0.3) is 22.5 Å². The van der Waals surface area contributed by atoms with Crippen LogP contribution < -0.4 is 5.32 Å².